The Morgan fingerprint density at radius 3 is 1.70 bits per heavy atom. The third kappa shape index (κ3) is 8.02. The van der Waals surface area contributed by atoms with Gasteiger partial charge in [0.25, 0.3) is 0 Å². The molecule has 0 fully saturated rings. The second kappa shape index (κ2) is 9.80. The quantitative estimate of drug-likeness (QED) is 0.365. The summed E-state index contributed by atoms with van der Waals surface area (Å²) in [4.78, 5) is 12.6. The van der Waals surface area contributed by atoms with Crippen LogP contribution in [0.2, 0.25) is 0 Å². The van der Waals surface area contributed by atoms with E-state index in [-0.39, 0.29) is 35.0 Å². The zero-order valence-corrected chi connectivity index (χ0v) is 21.1. The minimum Gasteiger partial charge on any atom is -0.507 e. The number of ketones is 1. The van der Waals surface area contributed by atoms with Crippen molar-refractivity contribution in [3.05, 3.63) is 34.9 Å². The molecule has 0 saturated heterocycles. The van der Waals surface area contributed by atoms with E-state index < -0.39 is 7.60 Å². The fraction of sp³-hybridized carbons (Fsp3) is 0.625. The highest BCUT2D eigenvalue weighted by molar-refractivity contribution is 7.55. The van der Waals surface area contributed by atoms with Gasteiger partial charge in [0.1, 0.15) is 11.9 Å². The molecular weight excluding hydrogens is 399 g/mol. The van der Waals surface area contributed by atoms with Gasteiger partial charge in [-0.2, -0.15) is 0 Å². The fourth-order valence-corrected chi connectivity index (χ4v) is 5.04. The van der Waals surface area contributed by atoms with Crippen LogP contribution < -0.4 is 0 Å². The van der Waals surface area contributed by atoms with Crippen molar-refractivity contribution >= 4 is 19.5 Å². The lowest BCUT2D eigenvalue weighted by molar-refractivity contribution is -0.112. The van der Waals surface area contributed by atoms with Gasteiger partial charge in [-0.1, -0.05) is 47.6 Å². The standard InChI is InChI=1S/C24H39O5P/c1-16(2)28-30(27,29-17(3)4)15-19(25)12-11-18-13-20(23(5,6)7)22(26)21(14-18)24(8,9)10/h11-14,16-17,26H,15H2,1-10H3/b12-11+. The lowest BCUT2D eigenvalue weighted by atomic mass is 9.78. The summed E-state index contributed by atoms with van der Waals surface area (Å²) < 4.78 is 23.9. The smallest absolute Gasteiger partial charge is 0.338 e. The van der Waals surface area contributed by atoms with Crippen LogP contribution in [0, 0.1) is 0 Å². The summed E-state index contributed by atoms with van der Waals surface area (Å²) in [5, 5.41) is 10.8. The fourth-order valence-electron chi connectivity index (χ4n) is 3.07. The van der Waals surface area contributed by atoms with Crippen LogP contribution in [0.3, 0.4) is 0 Å². The summed E-state index contributed by atoms with van der Waals surface area (Å²) in [5.74, 6) is -0.0408. The molecule has 170 valence electrons. The number of phenols is 1. The molecule has 0 aromatic heterocycles. The monoisotopic (exact) mass is 438 g/mol. The molecule has 0 aliphatic heterocycles. The lowest BCUT2D eigenvalue weighted by Crippen LogP contribution is -2.17. The Hall–Kier alpha value is -1.42. The molecule has 1 rings (SSSR count). The van der Waals surface area contributed by atoms with Crippen molar-refractivity contribution in [2.45, 2.75) is 92.3 Å². The lowest BCUT2D eigenvalue weighted by Gasteiger charge is -2.27. The molecule has 0 bridgehead atoms. The van der Waals surface area contributed by atoms with Gasteiger partial charge >= 0.3 is 7.60 Å². The van der Waals surface area contributed by atoms with Crippen LogP contribution >= 0.6 is 7.60 Å². The highest BCUT2D eigenvalue weighted by Gasteiger charge is 2.30. The third-order valence-corrected chi connectivity index (χ3v) is 6.49. The van der Waals surface area contributed by atoms with Gasteiger partial charge in [0.05, 0.1) is 12.2 Å². The van der Waals surface area contributed by atoms with Crippen molar-refractivity contribution in [1.29, 1.82) is 0 Å². The first-order valence-corrected chi connectivity index (χ1v) is 12.2. The average Bonchev–Trinajstić information content (AvgIpc) is 2.49. The highest BCUT2D eigenvalue weighted by atomic mass is 31.2. The van der Waals surface area contributed by atoms with E-state index >= 15 is 0 Å². The van der Waals surface area contributed by atoms with Gasteiger partial charge in [-0.15, -0.1) is 0 Å². The first-order valence-electron chi connectivity index (χ1n) is 10.5. The molecule has 1 aromatic carbocycles. The highest BCUT2D eigenvalue weighted by Crippen LogP contribution is 2.50. The van der Waals surface area contributed by atoms with Gasteiger partial charge in [-0.3, -0.25) is 9.36 Å². The maximum Gasteiger partial charge on any atom is 0.338 e. The van der Waals surface area contributed by atoms with Crippen LogP contribution in [0.15, 0.2) is 18.2 Å². The SMILES string of the molecule is CC(C)OP(=O)(CC(=O)/C=C/c1cc(C(C)(C)C)c(O)c(C(C)(C)C)c1)OC(C)C. The number of phenolic OH excluding ortho intramolecular Hbond substituents is 1. The number of rotatable bonds is 8. The molecule has 1 aromatic rings. The maximum atomic E-state index is 12.9. The molecular formula is C24H39O5P. The first-order chi connectivity index (χ1) is 13.4. The van der Waals surface area contributed by atoms with E-state index in [4.69, 9.17) is 9.05 Å². The van der Waals surface area contributed by atoms with Crippen molar-refractivity contribution in [3.8, 4) is 5.75 Å². The van der Waals surface area contributed by atoms with E-state index in [1.807, 2.05) is 53.7 Å². The van der Waals surface area contributed by atoms with Crippen LogP contribution in [0.25, 0.3) is 6.08 Å². The zero-order valence-electron chi connectivity index (χ0n) is 20.2. The summed E-state index contributed by atoms with van der Waals surface area (Å²) in [7, 11) is -3.53. The van der Waals surface area contributed by atoms with Crippen molar-refractivity contribution in [2.24, 2.45) is 0 Å². The Morgan fingerprint density at radius 2 is 1.37 bits per heavy atom. The largest absolute Gasteiger partial charge is 0.507 e. The van der Waals surface area contributed by atoms with Gasteiger partial charge in [0.15, 0.2) is 5.78 Å². The van der Waals surface area contributed by atoms with E-state index in [0.29, 0.717) is 5.75 Å². The maximum absolute atomic E-state index is 12.9. The molecule has 0 aliphatic rings. The van der Waals surface area contributed by atoms with Crippen LogP contribution in [-0.4, -0.2) is 29.3 Å². The summed E-state index contributed by atoms with van der Waals surface area (Å²) in [5.41, 5.74) is 1.92. The molecule has 0 unspecified atom stereocenters. The predicted octanol–water partition coefficient (Wildman–Crippen LogP) is 6.61. The molecule has 0 spiro atoms. The van der Waals surface area contributed by atoms with E-state index in [1.165, 1.54) is 6.08 Å². The molecule has 0 aliphatic carbocycles. The Morgan fingerprint density at radius 1 is 0.967 bits per heavy atom. The van der Waals surface area contributed by atoms with E-state index in [0.717, 1.165) is 16.7 Å². The number of carbonyl (C=O) groups is 1. The Kier molecular flexibility index (Phi) is 8.70. The molecule has 1 N–H and O–H groups in total. The molecule has 0 atom stereocenters. The van der Waals surface area contributed by atoms with Crippen LogP contribution in [-0.2, 0) is 29.2 Å². The number of carbonyl (C=O) groups excluding carboxylic acids is 1. The molecule has 30 heavy (non-hydrogen) atoms. The van der Waals surface area contributed by atoms with Crippen LogP contribution in [0.5, 0.6) is 5.75 Å². The second-order valence-corrected chi connectivity index (χ2v) is 12.3. The van der Waals surface area contributed by atoms with Gasteiger partial charge in [-0.25, -0.2) is 0 Å². The molecule has 0 radical (unpaired) electrons. The summed E-state index contributed by atoms with van der Waals surface area (Å²) in [6, 6.07) is 3.78. The van der Waals surface area contributed by atoms with Gasteiger partial charge in [0, 0.05) is 11.1 Å². The molecule has 0 saturated carbocycles. The summed E-state index contributed by atoms with van der Waals surface area (Å²) in [6.45, 7) is 19.3. The van der Waals surface area contributed by atoms with E-state index in [9.17, 15) is 14.5 Å². The number of allylic oxidation sites excluding steroid dienone is 1. The molecule has 5 nitrogen and oxygen atoms in total. The molecule has 0 heterocycles. The molecule has 0 amide bonds. The van der Waals surface area contributed by atoms with Crippen LogP contribution in [0.1, 0.15) is 85.9 Å². The van der Waals surface area contributed by atoms with Gasteiger partial charge in [-0.05, 0) is 62.3 Å². The topological polar surface area (TPSA) is 72.8 Å². The first kappa shape index (κ1) is 26.6. The summed E-state index contributed by atoms with van der Waals surface area (Å²) >= 11 is 0. The zero-order chi connectivity index (χ0) is 23.5. The third-order valence-electron chi connectivity index (χ3n) is 4.30. The number of benzene rings is 1. The summed E-state index contributed by atoms with van der Waals surface area (Å²) in [6.07, 6.45) is 2.17. The number of hydrogen-bond donors (Lipinski definition) is 1. The number of hydrogen-bond acceptors (Lipinski definition) is 5. The number of aromatic hydroxyl groups is 1. The average molecular weight is 439 g/mol. The van der Waals surface area contributed by atoms with Crippen molar-refractivity contribution in [2.75, 3.05) is 6.16 Å². The Balaban J connectivity index is 3.25. The van der Waals surface area contributed by atoms with Crippen molar-refractivity contribution < 1.29 is 23.5 Å². The van der Waals surface area contributed by atoms with E-state index in [2.05, 4.69) is 0 Å². The van der Waals surface area contributed by atoms with E-state index in [1.54, 1.807) is 33.8 Å². The Labute approximate surface area is 182 Å². The van der Waals surface area contributed by atoms with Gasteiger partial charge < -0.3 is 14.2 Å². The van der Waals surface area contributed by atoms with Crippen molar-refractivity contribution in [1.82, 2.24) is 0 Å². The van der Waals surface area contributed by atoms with Crippen LogP contribution in [0.4, 0.5) is 0 Å². The minimum absolute atomic E-state index is 0.260. The van der Waals surface area contributed by atoms with Crippen molar-refractivity contribution in [3.63, 3.8) is 0 Å². The minimum atomic E-state index is -3.53. The van der Waals surface area contributed by atoms with Gasteiger partial charge in [0.2, 0.25) is 0 Å². The Bertz CT molecular complexity index is 774. The normalized spacial score (nSPS) is 13.6. The second-order valence-electron chi connectivity index (χ2n) is 10.3. The predicted molar refractivity (Wildman–Crippen MR) is 124 cm³/mol. The molecule has 6 heteroatoms.